The van der Waals surface area contributed by atoms with E-state index in [9.17, 15) is 0 Å². The molecule has 0 aromatic rings. The van der Waals surface area contributed by atoms with E-state index in [0.717, 1.165) is 12.0 Å². The fourth-order valence-corrected chi connectivity index (χ4v) is 2.85. The average Bonchev–Trinajstić information content (AvgIpc) is 2.30. The van der Waals surface area contributed by atoms with E-state index >= 15 is 0 Å². The molecule has 15 heavy (non-hydrogen) atoms. The number of piperazine rings is 1. The highest BCUT2D eigenvalue weighted by molar-refractivity contribution is 4.82. The third-order valence-corrected chi connectivity index (χ3v) is 4.18. The first kappa shape index (κ1) is 11.4. The van der Waals surface area contributed by atoms with E-state index in [4.69, 9.17) is 0 Å². The van der Waals surface area contributed by atoms with E-state index < -0.39 is 0 Å². The van der Waals surface area contributed by atoms with E-state index in [1.165, 1.54) is 52.1 Å². The third kappa shape index (κ3) is 2.92. The number of piperidine rings is 1. The average molecular weight is 211 g/mol. The molecule has 2 rings (SSSR count). The van der Waals surface area contributed by atoms with Crippen LogP contribution in [-0.4, -0.2) is 62.2 Å². The Balaban J connectivity index is 1.81. The van der Waals surface area contributed by atoms with E-state index in [2.05, 4.69) is 29.1 Å². The molecular formula is C12H25N3. The third-order valence-electron chi connectivity index (χ3n) is 4.18. The van der Waals surface area contributed by atoms with Crippen molar-refractivity contribution in [3.63, 3.8) is 0 Å². The van der Waals surface area contributed by atoms with E-state index in [1.807, 2.05) is 0 Å². The van der Waals surface area contributed by atoms with Gasteiger partial charge >= 0.3 is 0 Å². The minimum absolute atomic E-state index is 0.792. The van der Waals surface area contributed by atoms with Crippen molar-refractivity contribution in [3.05, 3.63) is 0 Å². The van der Waals surface area contributed by atoms with Gasteiger partial charge in [-0.05, 0) is 45.8 Å². The molecular weight excluding hydrogens is 186 g/mol. The van der Waals surface area contributed by atoms with Crippen molar-refractivity contribution in [3.8, 4) is 0 Å². The highest BCUT2D eigenvalue weighted by Crippen LogP contribution is 2.21. The number of nitrogens with zero attached hydrogens (tertiary/aromatic N) is 2. The van der Waals surface area contributed by atoms with Crippen LogP contribution in [0, 0.1) is 5.92 Å². The molecule has 0 amide bonds. The molecule has 2 aliphatic rings. The van der Waals surface area contributed by atoms with Crippen LogP contribution >= 0.6 is 0 Å². The van der Waals surface area contributed by atoms with Gasteiger partial charge in [-0.3, -0.25) is 4.90 Å². The molecule has 0 bridgehead atoms. The summed E-state index contributed by atoms with van der Waals surface area (Å²) >= 11 is 0. The highest BCUT2D eigenvalue weighted by atomic mass is 15.3. The largest absolute Gasteiger partial charge is 0.317 e. The summed E-state index contributed by atoms with van der Waals surface area (Å²) in [5, 5.41) is 3.45. The standard InChI is InChI=1S/C12H25N3/c1-11(12-3-5-13-6-4-12)15-9-7-14(2)8-10-15/h11-13H,3-10H2,1-2H3. The molecule has 88 valence electrons. The molecule has 1 N–H and O–H groups in total. The Bertz CT molecular complexity index is 181. The molecule has 2 aliphatic heterocycles. The molecule has 3 heteroatoms. The second kappa shape index (κ2) is 5.28. The molecule has 3 nitrogen and oxygen atoms in total. The van der Waals surface area contributed by atoms with Gasteiger partial charge in [0.05, 0.1) is 0 Å². The Morgan fingerprint density at radius 1 is 1.07 bits per heavy atom. The van der Waals surface area contributed by atoms with E-state index in [-0.39, 0.29) is 0 Å². The molecule has 0 aromatic carbocycles. The maximum atomic E-state index is 3.45. The fourth-order valence-electron chi connectivity index (χ4n) is 2.85. The zero-order valence-corrected chi connectivity index (χ0v) is 10.2. The predicted molar refractivity (Wildman–Crippen MR) is 64.1 cm³/mol. The van der Waals surface area contributed by atoms with Crippen molar-refractivity contribution >= 4 is 0 Å². The summed E-state index contributed by atoms with van der Waals surface area (Å²) in [5.41, 5.74) is 0. The maximum absolute atomic E-state index is 3.45. The van der Waals surface area contributed by atoms with Crippen molar-refractivity contribution in [2.24, 2.45) is 5.92 Å². The second-order valence-electron chi connectivity index (χ2n) is 5.17. The number of hydrogen-bond acceptors (Lipinski definition) is 3. The SMILES string of the molecule is CC(C1CCNCC1)N1CCN(C)CC1. The van der Waals surface area contributed by atoms with Gasteiger partial charge in [0.2, 0.25) is 0 Å². The normalized spacial score (nSPS) is 29.2. The lowest BCUT2D eigenvalue weighted by Gasteiger charge is -2.41. The van der Waals surface area contributed by atoms with E-state index in [1.54, 1.807) is 0 Å². The summed E-state index contributed by atoms with van der Waals surface area (Å²) < 4.78 is 0. The fraction of sp³-hybridized carbons (Fsp3) is 1.00. The van der Waals surface area contributed by atoms with E-state index in [0.29, 0.717) is 0 Å². The lowest BCUT2D eigenvalue weighted by Crippen LogP contribution is -2.51. The zero-order chi connectivity index (χ0) is 10.7. The van der Waals surface area contributed by atoms with Gasteiger partial charge in [-0.1, -0.05) is 0 Å². The minimum atomic E-state index is 0.792. The maximum Gasteiger partial charge on any atom is 0.0113 e. The van der Waals surface area contributed by atoms with Crippen LogP contribution in [0.3, 0.4) is 0 Å². The van der Waals surface area contributed by atoms with Crippen molar-refractivity contribution in [2.45, 2.75) is 25.8 Å². The van der Waals surface area contributed by atoms with Crippen LogP contribution in [0.2, 0.25) is 0 Å². The van der Waals surface area contributed by atoms with Crippen molar-refractivity contribution in [2.75, 3.05) is 46.3 Å². The Morgan fingerprint density at radius 2 is 1.67 bits per heavy atom. The van der Waals surface area contributed by atoms with Crippen LogP contribution < -0.4 is 5.32 Å². The summed E-state index contributed by atoms with van der Waals surface area (Å²) in [6.45, 7) is 9.90. The van der Waals surface area contributed by atoms with Crippen molar-refractivity contribution < 1.29 is 0 Å². The van der Waals surface area contributed by atoms with Gasteiger partial charge in [0.1, 0.15) is 0 Å². The van der Waals surface area contributed by atoms with Gasteiger partial charge in [0.15, 0.2) is 0 Å². The van der Waals surface area contributed by atoms with Crippen LogP contribution in [-0.2, 0) is 0 Å². The topological polar surface area (TPSA) is 18.5 Å². The number of rotatable bonds is 2. The smallest absolute Gasteiger partial charge is 0.0113 e. The van der Waals surface area contributed by atoms with Gasteiger partial charge in [0, 0.05) is 32.2 Å². The first-order chi connectivity index (χ1) is 7.27. The summed E-state index contributed by atoms with van der Waals surface area (Å²) in [7, 11) is 2.23. The zero-order valence-electron chi connectivity index (χ0n) is 10.2. The minimum Gasteiger partial charge on any atom is -0.317 e. The van der Waals surface area contributed by atoms with Gasteiger partial charge in [-0.15, -0.1) is 0 Å². The lowest BCUT2D eigenvalue weighted by atomic mass is 9.90. The quantitative estimate of drug-likeness (QED) is 0.722. The summed E-state index contributed by atoms with van der Waals surface area (Å²) in [5.74, 6) is 0.926. The number of nitrogens with one attached hydrogen (secondary N) is 1. The molecule has 0 spiro atoms. The van der Waals surface area contributed by atoms with Gasteiger partial charge in [-0.2, -0.15) is 0 Å². The highest BCUT2D eigenvalue weighted by Gasteiger charge is 2.26. The molecule has 0 saturated carbocycles. The molecule has 2 heterocycles. The van der Waals surface area contributed by atoms with Crippen LogP contribution in [0.1, 0.15) is 19.8 Å². The lowest BCUT2D eigenvalue weighted by molar-refractivity contribution is 0.0793. The summed E-state index contributed by atoms with van der Waals surface area (Å²) in [6, 6.07) is 0.792. The Morgan fingerprint density at radius 3 is 2.27 bits per heavy atom. The Labute approximate surface area is 93.8 Å². The van der Waals surface area contributed by atoms with Crippen molar-refractivity contribution in [1.29, 1.82) is 0 Å². The van der Waals surface area contributed by atoms with Crippen LogP contribution in [0.4, 0.5) is 0 Å². The molecule has 0 aromatic heterocycles. The van der Waals surface area contributed by atoms with Crippen LogP contribution in [0.5, 0.6) is 0 Å². The number of hydrogen-bond donors (Lipinski definition) is 1. The van der Waals surface area contributed by atoms with Crippen LogP contribution in [0.25, 0.3) is 0 Å². The molecule has 2 saturated heterocycles. The summed E-state index contributed by atoms with van der Waals surface area (Å²) in [6.07, 6.45) is 2.74. The molecule has 1 atom stereocenters. The molecule has 1 unspecified atom stereocenters. The second-order valence-corrected chi connectivity index (χ2v) is 5.17. The number of likely N-dealkylation sites (N-methyl/N-ethyl adjacent to an activating group) is 1. The monoisotopic (exact) mass is 211 g/mol. The van der Waals surface area contributed by atoms with Gasteiger partial charge in [-0.25, -0.2) is 0 Å². The first-order valence-corrected chi connectivity index (χ1v) is 6.40. The summed E-state index contributed by atoms with van der Waals surface area (Å²) in [4.78, 5) is 5.13. The Hall–Kier alpha value is -0.120. The van der Waals surface area contributed by atoms with Gasteiger partial charge < -0.3 is 10.2 Å². The van der Waals surface area contributed by atoms with Crippen molar-refractivity contribution in [1.82, 2.24) is 15.1 Å². The first-order valence-electron chi connectivity index (χ1n) is 6.40. The van der Waals surface area contributed by atoms with Gasteiger partial charge in [0.25, 0.3) is 0 Å². The Kier molecular flexibility index (Phi) is 4.00. The predicted octanol–water partition coefficient (Wildman–Crippen LogP) is 0.622. The molecule has 2 fully saturated rings. The van der Waals surface area contributed by atoms with Crippen LogP contribution in [0.15, 0.2) is 0 Å². The molecule has 0 radical (unpaired) electrons. The molecule has 0 aliphatic carbocycles.